The van der Waals surface area contributed by atoms with Crippen molar-refractivity contribution in [3.05, 3.63) is 42.1 Å². The molecule has 1 aromatic heterocycles. The molecule has 0 aliphatic carbocycles. The van der Waals surface area contributed by atoms with Gasteiger partial charge in [-0.3, -0.25) is 4.90 Å². The highest BCUT2D eigenvalue weighted by atomic mass is 15.3. The van der Waals surface area contributed by atoms with Crippen molar-refractivity contribution in [2.75, 3.05) is 12.3 Å². The quantitative estimate of drug-likeness (QED) is 0.937. The number of piperidine rings is 1. The average molecular weight is 284 g/mol. The Hall–Kier alpha value is -1.81. The van der Waals surface area contributed by atoms with Crippen molar-refractivity contribution in [2.45, 2.75) is 45.2 Å². The van der Waals surface area contributed by atoms with Gasteiger partial charge in [0.2, 0.25) is 0 Å². The third-order valence-electron chi connectivity index (χ3n) is 4.37. The van der Waals surface area contributed by atoms with E-state index in [-0.39, 0.29) is 0 Å². The van der Waals surface area contributed by atoms with Gasteiger partial charge in [-0.05, 0) is 37.9 Å². The normalized spacial score (nSPS) is 19.8. The van der Waals surface area contributed by atoms with E-state index in [2.05, 4.69) is 11.8 Å². The van der Waals surface area contributed by atoms with Crippen molar-refractivity contribution < 1.29 is 0 Å². The van der Waals surface area contributed by atoms with Crippen LogP contribution in [0.1, 0.15) is 38.3 Å². The molecule has 1 aromatic carbocycles. The Morgan fingerprint density at radius 1 is 1.24 bits per heavy atom. The van der Waals surface area contributed by atoms with E-state index in [0.29, 0.717) is 11.9 Å². The van der Waals surface area contributed by atoms with Gasteiger partial charge in [0, 0.05) is 18.7 Å². The molecule has 4 nitrogen and oxygen atoms in total. The molecule has 0 radical (unpaired) electrons. The maximum atomic E-state index is 6.13. The summed E-state index contributed by atoms with van der Waals surface area (Å²) in [6.45, 7) is 4.36. The minimum atomic E-state index is 0.696. The fourth-order valence-electron chi connectivity index (χ4n) is 3.24. The molecule has 112 valence electrons. The predicted molar refractivity (Wildman–Crippen MR) is 86.3 cm³/mol. The summed E-state index contributed by atoms with van der Waals surface area (Å²) < 4.78 is 1.83. The van der Waals surface area contributed by atoms with Gasteiger partial charge < -0.3 is 5.73 Å². The highest BCUT2D eigenvalue weighted by Gasteiger charge is 2.22. The Bertz CT molecular complexity index is 576. The van der Waals surface area contributed by atoms with Gasteiger partial charge >= 0.3 is 0 Å². The minimum absolute atomic E-state index is 0.696. The molecule has 1 fully saturated rings. The molecule has 4 heteroatoms. The molecule has 2 heterocycles. The lowest BCUT2D eigenvalue weighted by Crippen LogP contribution is -2.38. The molecule has 0 saturated carbocycles. The second-order valence-electron chi connectivity index (χ2n) is 5.84. The molecule has 21 heavy (non-hydrogen) atoms. The van der Waals surface area contributed by atoms with E-state index < -0.39 is 0 Å². The zero-order valence-electron chi connectivity index (χ0n) is 12.7. The second-order valence-corrected chi connectivity index (χ2v) is 5.84. The van der Waals surface area contributed by atoms with Crippen molar-refractivity contribution in [3.63, 3.8) is 0 Å². The molecule has 3 rings (SSSR count). The van der Waals surface area contributed by atoms with Crippen molar-refractivity contribution in [1.82, 2.24) is 14.7 Å². The summed E-state index contributed by atoms with van der Waals surface area (Å²) in [5.41, 5.74) is 8.21. The van der Waals surface area contributed by atoms with Crippen molar-refractivity contribution >= 4 is 5.82 Å². The number of nitrogen functional groups attached to an aromatic ring is 1. The number of benzene rings is 1. The van der Waals surface area contributed by atoms with E-state index in [9.17, 15) is 0 Å². The minimum Gasteiger partial charge on any atom is -0.384 e. The first-order chi connectivity index (χ1) is 10.3. The van der Waals surface area contributed by atoms with Gasteiger partial charge in [-0.25, -0.2) is 4.68 Å². The van der Waals surface area contributed by atoms with E-state index in [4.69, 9.17) is 10.8 Å². The molecule has 0 spiro atoms. The number of anilines is 1. The van der Waals surface area contributed by atoms with E-state index in [0.717, 1.165) is 17.9 Å². The SMILES string of the molecule is CCC1CCCCN1Cc1cc(N)n(-c2ccccc2)n1. The van der Waals surface area contributed by atoms with Crippen LogP contribution < -0.4 is 5.73 Å². The molecule has 1 saturated heterocycles. The summed E-state index contributed by atoms with van der Waals surface area (Å²) in [5.74, 6) is 0.709. The van der Waals surface area contributed by atoms with Gasteiger partial charge in [0.15, 0.2) is 0 Å². The van der Waals surface area contributed by atoms with Gasteiger partial charge in [-0.2, -0.15) is 5.10 Å². The van der Waals surface area contributed by atoms with Gasteiger partial charge in [-0.1, -0.05) is 31.5 Å². The fourth-order valence-corrected chi connectivity index (χ4v) is 3.24. The van der Waals surface area contributed by atoms with E-state index in [1.54, 1.807) is 0 Å². The van der Waals surface area contributed by atoms with Crippen LogP contribution in [0.25, 0.3) is 5.69 Å². The Morgan fingerprint density at radius 2 is 2.05 bits per heavy atom. The summed E-state index contributed by atoms with van der Waals surface area (Å²) in [4.78, 5) is 2.56. The number of aromatic nitrogens is 2. The summed E-state index contributed by atoms with van der Waals surface area (Å²) in [7, 11) is 0. The van der Waals surface area contributed by atoms with Crippen molar-refractivity contribution in [1.29, 1.82) is 0 Å². The number of likely N-dealkylation sites (tertiary alicyclic amines) is 1. The lowest BCUT2D eigenvalue weighted by molar-refractivity contribution is 0.134. The lowest BCUT2D eigenvalue weighted by Gasteiger charge is -2.34. The van der Waals surface area contributed by atoms with E-state index in [1.165, 1.54) is 32.2 Å². The number of rotatable bonds is 4. The molecular weight excluding hydrogens is 260 g/mol. The number of para-hydroxylation sites is 1. The number of nitrogens with two attached hydrogens (primary N) is 1. The summed E-state index contributed by atoms with van der Waals surface area (Å²) in [6.07, 6.45) is 5.18. The fraction of sp³-hybridized carbons (Fsp3) is 0.471. The maximum Gasteiger partial charge on any atom is 0.127 e. The molecule has 1 unspecified atom stereocenters. The van der Waals surface area contributed by atoms with E-state index >= 15 is 0 Å². The van der Waals surface area contributed by atoms with Crippen molar-refractivity contribution in [2.24, 2.45) is 0 Å². The van der Waals surface area contributed by atoms with Crippen LogP contribution in [0.3, 0.4) is 0 Å². The summed E-state index contributed by atoms with van der Waals surface area (Å²) in [6, 6.07) is 12.8. The predicted octanol–water partition coefficient (Wildman–Crippen LogP) is 3.22. The Kier molecular flexibility index (Phi) is 4.25. The molecule has 2 aromatic rings. The smallest absolute Gasteiger partial charge is 0.127 e. The van der Waals surface area contributed by atoms with Gasteiger partial charge in [0.1, 0.15) is 5.82 Å². The third kappa shape index (κ3) is 3.10. The first-order valence-corrected chi connectivity index (χ1v) is 7.92. The monoisotopic (exact) mass is 284 g/mol. The molecule has 0 amide bonds. The van der Waals surface area contributed by atoms with Crippen LogP contribution in [0.4, 0.5) is 5.82 Å². The topological polar surface area (TPSA) is 47.1 Å². The van der Waals surface area contributed by atoms with Crippen LogP contribution in [0.15, 0.2) is 36.4 Å². The standard InChI is InChI=1S/C17H24N4/c1-2-15-8-6-7-11-20(15)13-14-12-17(18)21(19-14)16-9-4-3-5-10-16/h3-5,9-10,12,15H,2,6-8,11,13,18H2,1H3. The van der Waals surface area contributed by atoms with Crippen LogP contribution in [-0.2, 0) is 6.54 Å². The van der Waals surface area contributed by atoms with Crippen molar-refractivity contribution in [3.8, 4) is 5.69 Å². The summed E-state index contributed by atoms with van der Waals surface area (Å²) in [5, 5.41) is 4.69. The Morgan fingerprint density at radius 3 is 2.81 bits per heavy atom. The second kappa shape index (κ2) is 6.31. The van der Waals surface area contributed by atoms with Crippen LogP contribution in [0.5, 0.6) is 0 Å². The molecular formula is C17H24N4. The van der Waals surface area contributed by atoms with Gasteiger partial charge in [0.25, 0.3) is 0 Å². The number of hydrogen-bond acceptors (Lipinski definition) is 3. The zero-order chi connectivity index (χ0) is 14.7. The Balaban J connectivity index is 1.78. The number of hydrogen-bond donors (Lipinski definition) is 1. The first-order valence-electron chi connectivity index (χ1n) is 7.92. The lowest BCUT2D eigenvalue weighted by atomic mass is 10.00. The van der Waals surface area contributed by atoms with E-state index in [1.807, 2.05) is 41.1 Å². The zero-order valence-corrected chi connectivity index (χ0v) is 12.7. The highest BCUT2D eigenvalue weighted by molar-refractivity contribution is 5.42. The van der Waals surface area contributed by atoms with Crippen LogP contribution in [0, 0.1) is 0 Å². The maximum absolute atomic E-state index is 6.13. The number of nitrogens with zero attached hydrogens (tertiary/aromatic N) is 3. The highest BCUT2D eigenvalue weighted by Crippen LogP contribution is 2.22. The molecule has 2 N–H and O–H groups in total. The molecule has 0 bridgehead atoms. The van der Waals surface area contributed by atoms with Gasteiger partial charge in [-0.15, -0.1) is 0 Å². The third-order valence-corrected chi connectivity index (χ3v) is 4.37. The molecule has 1 aliphatic rings. The Labute approximate surface area is 126 Å². The van der Waals surface area contributed by atoms with Crippen LogP contribution in [0.2, 0.25) is 0 Å². The summed E-state index contributed by atoms with van der Waals surface area (Å²) >= 11 is 0. The first kappa shape index (κ1) is 14.1. The molecule has 1 aliphatic heterocycles. The van der Waals surface area contributed by atoms with Crippen LogP contribution >= 0.6 is 0 Å². The van der Waals surface area contributed by atoms with Crippen LogP contribution in [-0.4, -0.2) is 27.3 Å². The molecule has 1 atom stereocenters. The largest absolute Gasteiger partial charge is 0.384 e. The van der Waals surface area contributed by atoms with Gasteiger partial charge in [0.05, 0.1) is 11.4 Å². The average Bonchev–Trinajstić information content (AvgIpc) is 2.89.